The van der Waals surface area contributed by atoms with E-state index in [-0.39, 0.29) is 24.3 Å². The summed E-state index contributed by atoms with van der Waals surface area (Å²) in [5.74, 6) is -1.20. The maximum Gasteiger partial charge on any atom is 0.459 e. The lowest BCUT2D eigenvalue weighted by Gasteiger charge is -2.29. The molecule has 0 radical (unpaired) electrons. The Morgan fingerprint density at radius 3 is 2.59 bits per heavy atom. The fraction of sp³-hybridized carbons (Fsp3) is 0.517. The molecular formula is C29H37N6O8P. The number of hydrogen-bond donors (Lipinski definition) is 2. The Bertz CT molecular complexity index is 1570. The number of fused-ring (bicyclic) bond motifs is 2. The molecular weight excluding hydrogens is 591 g/mol. The number of carbonyl (C=O) groups is 1. The predicted molar refractivity (Wildman–Crippen MR) is 157 cm³/mol. The molecule has 2 aliphatic heterocycles. The molecule has 44 heavy (non-hydrogen) atoms. The van der Waals surface area contributed by atoms with Gasteiger partial charge in [-0.2, -0.15) is 15.4 Å². The Morgan fingerprint density at radius 1 is 1.18 bits per heavy atom. The Labute approximate surface area is 255 Å². The molecule has 2 aliphatic rings. The van der Waals surface area contributed by atoms with Crippen LogP contribution in [0.15, 0.2) is 48.8 Å². The standard InChI is InChI=1S/C29H37N6O8P/c1-6-19(7-2)39-27(36)18(3)34-44(37,43-20-11-9-8-10-12-20)38-15-22-24-25(42-28(4,5)41-24)29(16-30,40-22)23-14-13-21-26(31)32-17-33-35(21)23/h8-14,17-19,22,24-25H,6-7,15H2,1-5H3,(H,34,37)(H2,31,32,33)/t18-,22+,24+,25+,29-,44?/m0/s1. The number of esters is 1. The molecule has 5 rings (SSSR count). The highest BCUT2D eigenvalue weighted by molar-refractivity contribution is 7.52. The monoisotopic (exact) mass is 628 g/mol. The minimum Gasteiger partial charge on any atom is -0.461 e. The van der Waals surface area contributed by atoms with Gasteiger partial charge >= 0.3 is 13.7 Å². The highest BCUT2D eigenvalue weighted by Crippen LogP contribution is 2.51. The molecule has 4 heterocycles. The van der Waals surface area contributed by atoms with Gasteiger partial charge in [0.25, 0.3) is 0 Å². The maximum atomic E-state index is 14.2. The van der Waals surface area contributed by atoms with Crippen LogP contribution in [0.25, 0.3) is 5.52 Å². The van der Waals surface area contributed by atoms with Crippen LogP contribution in [0.2, 0.25) is 0 Å². The lowest BCUT2D eigenvalue weighted by Crippen LogP contribution is -2.40. The zero-order valence-electron chi connectivity index (χ0n) is 25.2. The number of anilines is 1. The smallest absolute Gasteiger partial charge is 0.459 e. The molecule has 0 aliphatic carbocycles. The number of nitrogens with two attached hydrogens (primary N) is 1. The van der Waals surface area contributed by atoms with E-state index in [0.29, 0.717) is 24.1 Å². The number of nitrogen functional groups attached to an aromatic ring is 1. The van der Waals surface area contributed by atoms with Crippen LogP contribution in [-0.2, 0) is 38.4 Å². The van der Waals surface area contributed by atoms with E-state index in [1.165, 1.54) is 17.8 Å². The van der Waals surface area contributed by atoms with Crippen LogP contribution in [0.5, 0.6) is 5.75 Å². The molecule has 1 aromatic carbocycles. The molecule has 0 saturated carbocycles. The second kappa shape index (κ2) is 12.4. The summed E-state index contributed by atoms with van der Waals surface area (Å²) in [4.78, 5) is 16.8. The first kappa shape index (κ1) is 31.8. The first-order chi connectivity index (χ1) is 20.9. The third kappa shape index (κ3) is 6.17. The zero-order valence-corrected chi connectivity index (χ0v) is 26.1. The molecule has 2 fully saturated rings. The number of hydrogen-bond acceptors (Lipinski definition) is 12. The van der Waals surface area contributed by atoms with Crippen LogP contribution in [0.4, 0.5) is 5.82 Å². The summed E-state index contributed by atoms with van der Waals surface area (Å²) >= 11 is 0. The number of rotatable bonds is 12. The van der Waals surface area contributed by atoms with Crippen molar-refractivity contribution in [2.45, 2.75) is 89.3 Å². The zero-order chi connectivity index (χ0) is 31.7. The molecule has 2 aromatic heterocycles. The second-order valence-corrected chi connectivity index (χ2v) is 12.8. The molecule has 14 nitrogen and oxygen atoms in total. The molecule has 0 spiro atoms. The van der Waals surface area contributed by atoms with Crippen LogP contribution in [0.1, 0.15) is 53.2 Å². The number of aromatic nitrogens is 3. The molecule has 3 aromatic rings. The summed E-state index contributed by atoms with van der Waals surface area (Å²) < 4.78 is 51.7. The Balaban J connectivity index is 1.43. The van der Waals surface area contributed by atoms with E-state index in [2.05, 4.69) is 21.2 Å². The summed E-state index contributed by atoms with van der Waals surface area (Å²) in [6.45, 7) is 8.43. The molecule has 15 heteroatoms. The van der Waals surface area contributed by atoms with E-state index in [1.807, 2.05) is 13.8 Å². The minimum atomic E-state index is -4.24. The van der Waals surface area contributed by atoms with Crippen molar-refractivity contribution in [3.8, 4) is 11.8 Å². The maximum absolute atomic E-state index is 14.2. The number of nitrogens with one attached hydrogen (secondary N) is 1. The van der Waals surface area contributed by atoms with Crippen LogP contribution >= 0.6 is 7.75 Å². The number of carbonyl (C=O) groups excluding carboxylic acids is 1. The van der Waals surface area contributed by atoms with Crippen molar-refractivity contribution in [3.63, 3.8) is 0 Å². The Kier molecular flexibility index (Phi) is 9.00. The molecule has 6 atom stereocenters. The normalized spacial score (nSPS) is 26.2. The van der Waals surface area contributed by atoms with Gasteiger partial charge < -0.3 is 29.2 Å². The van der Waals surface area contributed by atoms with Crippen molar-refractivity contribution >= 4 is 25.1 Å². The van der Waals surface area contributed by atoms with Crippen LogP contribution in [0.3, 0.4) is 0 Å². The van der Waals surface area contributed by atoms with Crippen molar-refractivity contribution < 1.29 is 37.4 Å². The quantitative estimate of drug-likeness (QED) is 0.218. The molecule has 3 N–H and O–H groups in total. The molecule has 236 valence electrons. The van der Waals surface area contributed by atoms with Gasteiger partial charge in [0, 0.05) is 0 Å². The highest BCUT2D eigenvalue weighted by Gasteiger charge is 2.65. The van der Waals surface area contributed by atoms with Gasteiger partial charge in [-0.05, 0) is 57.9 Å². The minimum absolute atomic E-state index is 0.222. The number of para-hydroxylation sites is 1. The van der Waals surface area contributed by atoms with E-state index in [9.17, 15) is 14.6 Å². The van der Waals surface area contributed by atoms with Crippen molar-refractivity contribution in [1.29, 1.82) is 5.26 Å². The van der Waals surface area contributed by atoms with Crippen molar-refractivity contribution in [2.75, 3.05) is 12.3 Å². The van der Waals surface area contributed by atoms with E-state index < -0.39 is 49.5 Å². The predicted octanol–water partition coefficient (Wildman–Crippen LogP) is 3.86. The average molecular weight is 629 g/mol. The number of nitrogens with zero attached hydrogens (tertiary/aromatic N) is 4. The SMILES string of the molecule is CCC(CC)OC(=O)[C@H](C)NP(=O)(OC[C@H]1O[C@@](C#N)(c2ccc3c(N)ncnn23)[C@@H]2OC(C)(C)O[C@@H]21)Oc1ccccc1. The summed E-state index contributed by atoms with van der Waals surface area (Å²) in [7, 11) is -4.24. The first-order valence-electron chi connectivity index (χ1n) is 14.4. The van der Waals surface area contributed by atoms with E-state index in [4.69, 9.17) is 33.7 Å². The summed E-state index contributed by atoms with van der Waals surface area (Å²) in [5.41, 5.74) is 5.16. The largest absolute Gasteiger partial charge is 0.461 e. The van der Waals surface area contributed by atoms with Gasteiger partial charge in [0.2, 0.25) is 5.60 Å². The molecule has 1 unspecified atom stereocenters. The van der Waals surface area contributed by atoms with E-state index in [0.717, 1.165) is 0 Å². The van der Waals surface area contributed by atoms with E-state index >= 15 is 0 Å². The van der Waals surface area contributed by atoms with Crippen LogP contribution < -0.4 is 15.3 Å². The second-order valence-electron chi connectivity index (χ2n) is 11.1. The Morgan fingerprint density at radius 2 is 1.91 bits per heavy atom. The third-order valence-electron chi connectivity index (χ3n) is 7.54. The molecule has 2 saturated heterocycles. The van der Waals surface area contributed by atoms with Crippen LogP contribution in [-0.4, -0.2) is 63.4 Å². The first-order valence-corrected chi connectivity index (χ1v) is 16.0. The lowest BCUT2D eigenvalue weighted by atomic mass is 9.92. The summed E-state index contributed by atoms with van der Waals surface area (Å²) in [5, 5.41) is 17.6. The van der Waals surface area contributed by atoms with Gasteiger partial charge in [0.15, 0.2) is 11.6 Å². The fourth-order valence-electron chi connectivity index (χ4n) is 5.36. The third-order valence-corrected chi connectivity index (χ3v) is 9.18. The van der Waals surface area contributed by atoms with Gasteiger partial charge in [-0.25, -0.2) is 14.1 Å². The van der Waals surface area contributed by atoms with Crippen molar-refractivity contribution in [1.82, 2.24) is 19.7 Å². The van der Waals surface area contributed by atoms with Gasteiger partial charge in [0.05, 0.1) is 12.3 Å². The molecule has 0 bridgehead atoms. The number of nitriles is 1. The van der Waals surface area contributed by atoms with E-state index in [1.54, 1.807) is 56.3 Å². The summed E-state index contributed by atoms with van der Waals surface area (Å²) in [6.07, 6.45) is -0.401. The van der Waals surface area contributed by atoms with Gasteiger partial charge in [-0.15, -0.1) is 0 Å². The highest BCUT2D eigenvalue weighted by atomic mass is 31.2. The van der Waals surface area contributed by atoms with Crippen molar-refractivity contribution in [2.24, 2.45) is 0 Å². The van der Waals surface area contributed by atoms with Gasteiger partial charge in [-0.3, -0.25) is 9.32 Å². The number of ether oxygens (including phenoxy) is 4. The van der Waals surface area contributed by atoms with Gasteiger partial charge in [0.1, 0.15) is 54.1 Å². The topological polar surface area (TPSA) is 182 Å². The molecule has 0 amide bonds. The Hall–Kier alpha value is -3.57. The fourth-order valence-corrected chi connectivity index (χ4v) is 6.86. The van der Waals surface area contributed by atoms with Crippen molar-refractivity contribution in [3.05, 3.63) is 54.5 Å². The number of benzene rings is 1. The van der Waals surface area contributed by atoms with Gasteiger partial charge in [-0.1, -0.05) is 32.0 Å². The lowest BCUT2D eigenvalue weighted by molar-refractivity contribution is -0.204. The average Bonchev–Trinajstić information content (AvgIpc) is 3.66. The van der Waals surface area contributed by atoms with Crippen LogP contribution in [0, 0.1) is 11.3 Å². The summed E-state index contributed by atoms with van der Waals surface area (Å²) in [6, 6.07) is 13.0.